The Morgan fingerprint density at radius 1 is 0.632 bits per heavy atom. The van der Waals surface area contributed by atoms with Gasteiger partial charge in [0.25, 0.3) is 0 Å². The Bertz CT molecular complexity index is 317. The highest BCUT2D eigenvalue weighted by Gasteiger charge is 2.87. The quantitative estimate of drug-likeness (QED) is 0.653. The fraction of sp³-hybridized carbons (Fsp3) is 1.00. The Kier molecular flexibility index (Phi) is 4.74. The predicted octanol–water partition coefficient (Wildman–Crippen LogP) is 4.80. The van der Waals surface area contributed by atoms with Crippen LogP contribution in [0, 0.1) is 0 Å². The third-order valence-corrected chi connectivity index (χ3v) is 2.74. The minimum absolute atomic E-state index is 0.800. The molecule has 0 saturated carbocycles. The number of rotatable bonds is 5. The fourth-order valence-electron chi connectivity index (χ4n) is 0.830. The van der Waals surface area contributed by atoms with Crippen molar-refractivity contribution in [3.8, 4) is 0 Å². The Hall–Kier alpha value is -0.420. The zero-order chi connectivity index (χ0) is 15.9. The largest absolute Gasteiger partial charge is 0.460 e. The second-order valence-electron chi connectivity index (χ2n) is 3.17. The van der Waals surface area contributed by atoms with Crippen LogP contribution in [0.1, 0.15) is 6.92 Å². The molecular formula is C7H5F11S. The third kappa shape index (κ3) is 2.72. The highest BCUT2D eigenvalue weighted by molar-refractivity contribution is 8.00. The summed E-state index contributed by atoms with van der Waals surface area (Å²) in [4.78, 5) is 0. The lowest BCUT2D eigenvalue weighted by Gasteiger charge is -2.36. The molecule has 116 valence electrons. The first-order valence-corrected chi connectivity index (χ1v) is 5.26. The maximum absolute atomic E-state index is 12.7. The summed E-state index contributed by atoms with van der Waals surface area (Å²) in [6.45, 7) is 0.800. The lowest BCUT2D eigenvalue weighted by molar-refractivity contribution is -0.412. The van der Waals surface area contributed by atoms with Crippen molar-refractivity contribution in [3.63, 3.8) is 0 Å². The van der Waals surface area contributed by atoms with Gasteiger partial charge in [-0.3, -0.25) is 0 Å². The summed E-state index contributed by atoms with van der Waals surface area (Å²) < 4.78 is 135. The van der Waals surface area contributed by atoms with E-state index in [-0.39, 0.29) is 0 Å². The van der Waals surface area contributed by atoms with Crippen LogP contribution in [0.5, 0.6) is 0 Å². The van der Waals surface area contributed by atoms with Crippen molar-refractivity contribution >= 4 is 11.8 Å². The predicted molar refractivity (Wildman–Crippen MR) is 44.0 cm³/mol. The molecule has 12 heteroatoms. The molecule has 0 amide bonds. The van der Waals surface area contributed by atoms with Crippen LogP contribution in [0.4, 0.5) is 48.3 Å². The van der Waals surface area contributed by atoms with Crippen LogP contribution in [-0.2, 0) is 0 Å². The van der Waals surface area contributed by atoms with Gasteiger partial charge in [0.05, 0.1) is 0 Å². The van der Waals surface area contributed by atoms with Gasteiger partial charge >= 0.3 is 29.2 Å². The van der Waals surface area contributed by atoms with Crippen LogP contribution in [-0.4, -0.2) is 35.0 Å². The Morgan fingerprint density at radius 3 is 1.26 bits per heavy atom. The molecule has 0 aliphatic rings. The van der Waals surface area contributed by atoms with E-state index in [9.17, 15) is 48.3 Å². The maximum Gasteiger partial charge on any atom is 0.460 e. The Balaban J connectivity index is 5.77. The van der Waals surface area contributed by atoms with E-state index in [0.717, 1.165) is 6.92 Å². The van der Waals surface area contributed by atoms with Crippen LogP contribution in [0.25, 0.3) is 0 Å². The molecule has 0 nitrogen and oxygen atoms in total. The first kappa shape index (κ1) is 18.6. The number of thioether (sulfide) groups is 1. The summed E-state index contributed by atoms with van der Waals surface area (Å²) in [5.41, 5.74) is 0. The molecule has 0 rings (SSSR count). The van der Waals surface area contributed by atoms with Crippen molar-refractivity contribution in [1.82, 2.24) is 0 Å². The number of halogens is 11. The highest BCUT2D eigenvalue weighted by atomic mass is 32.2. The van der Waals surface area contributed by atoms with Gasteiger partial charge in [-0.1, -0.05) is 18.7 Å². The minimum atomic E-state index is -7.30. The van der Waals surface area contributed by atoms with E-state index in [1.54, 1.807) is 0 Å². The molecule has 0 spiro atoms. The summed E-state index contributed by atoms with van der Waals surface area (Å²) in [6.07, 6.45) is -7.10. The molecule has 0 aromatic carbocycles. The van der Waals surface area contributed by atoms with Gasteiger partial charge < -0.3 is 0 Å². The number of hydrogen-bond acceptors (Lipinski definition) is 1. The van der Waals surface area contributed by atoms with Gasteiger partial charge in [0, 0.05) is 0 Å². The summed E-state index contributed by atoms with van der Waals surface area (Å²) in [6, 6.07) is 0. The second kappa shape index (κ2) is 4.85. The number of hydrogen-bond donors (Lipinski definition) is 0. The normalized spacial score (nSPS) is 15.8. The number of alkyl halides is 11. The molecule has 0 N–H and O–H groups in total. The molecule has 0 saturated heterocycles. The van der Waals surface area contributed by atoms with Crippen molar-refractivity contribution in [2.45, 2.75) is 36.1 Å². The highest BCUT2D eigenvalue weighted by Crippen LogP contribution is 2.59. The van der Waals surface area contributed by atoms with E-state index < -0.39 is 46.7 Å². The van der Waals surface area contributed by atoms with Gasteiger partial charge in [-0.2, -0.15) is 48.3 Å². The Morgan fingerprint density at radius 2 is 1.00 bits per heavy atom. The molecule has 0 heterocycles. The SMILES string of the molecule is CCSC(F)(F)C(F)(F)C(F)(F)C(F)(F)C(F)(F)F. The molecule has 0 aliphatic carbocycles. The second-order valence-corrected chi connectivity index (χ2v) is 4.55. The average Bonchev–Trinajstić information content (AvgIpc) is 2.14. The molecule has 0 unspecified atom stereocenters. The average molecular weight is 330 g/mol. The molecule has 0 radical (unpaired) electrons. The van der Waals surface area contributed by atoms with Crippen molar-refractivity contribution in [2.75, 3.05) is 5.75 Å². The Labute approximate surface area is 103 Å². The van der Waals surface area contributed by atoms with Gasteiger partial charge in [0.15, 0.2) is 0 Å². The van der Waals surface area contributed by atoms with E-state index in [1.807, 2.05) is 0 Å². The standard InChI is InChI=1S/C7H5F11S/c1-2-19-7(17,18)5(12,13)3(8,9)4(10,11)6(14,15)16/h2H2,1H3. The van der Waals surface area contributed by atoms with Crippen LogP contribution < -0.4 is 0 Å². The van der Waals surface area contributed by atoms with E-state index in [0.29, 0.717) is 0 Å². The molecule has 0 aromatic rings. The lowest BCUT2D eigenvalue weighted by atomic mass is 10.0. The monoisotopic (exact) mass is 330 g/mol. The first-order chi connectivity index (χ1) is 8.06. The fourth-order valence-corrected chi connectivity index (χ4v) is 1.50. The van der Waals surface area contributed by atoms with E-state index >= 15 is 0 Å². The molecule has 19 heavy (non-hydrogen) atoms. The van der Waals surface area contributed by atoms with Crippen LogP contribution in [0.2, 0.25) is 0 Å². The zero-order valence-electron chi connectivity index (χ0n) is 8.77. The molecule has 0 aliphatic heterocycles. The van der Waals surface area contributed by atoms with Crippen molar-refractivity contribution in [2.24, 2.45) is 0 Å². The van der Waals surface area contributed by atoms with E-state index in [4.69, 9.17) is 0 Å². The van der Waals surface area contributed by atoms with E-state index in [1.165, 1.54) is 0 Å². The summed E-state index contributed by atoms with van der Waals surface area (Å²) >= 11 is -1.17. The summed E-state index contributed by atoms with van der Waals surface area (Å²) in [7, 11) is 0. The first-order valence-electron chi connectivity index (χ1n) is 4.28. The summed E-state index contributed by atoms with van der Waals surface area (Å²) in [5, 5.41) is -5.79. The van der Waals surface area contributed by atoms with Gasteiger partial charge in [0.1, 0.15) is 0 Å². The maximum atomic E-state index is 12.7. The third-order valence-electron chi connectivity index (χ3n) is 1.84. The van der Waals surface area contributed by atoms with E-state index in [2.05, 4.69) is 0 Å². The minimum Gasteiger partial charge on any atom is -0.192 e. The molecular weight excluding hydrogens is 325 g/mol. The van der Waals surface area contributed by atoms with Crippen molar-refractivity contribution in [3.05, 3.63) is 0 Å². The van der Waals surface area contributed by atoms with Crippen LogP contribution in [0.15, 0.2) is 0 Å². The van der Waals surface area contributed by atoms with Crippen molar-refractivity contribution in [1.29, 1.82) is 0 Å². The lowest BCUT2D eigenvalue weighted by Crippen LogP contribution is -2.65. The van der Waals surface area contributed by atoms with Gasteiger partial charge in [0.2, 0.25) is 0 Å². The summed E-state index contributed by atoms with van der Waals surface area (Å²) in [5.74, 6) is -22.4. The molecule has 0 aromatic heterocycles. The van der Waals surface area contributed by atoms with Gasteiger partial charge in [-0.15, -0.1) is 0 Å². The topological polar surface area (TPSA) is 0 Å². The molecule has 0 bridgehead atoms. The molecule has 0 atom stereocenters. The zero-order valence-corrected chi connectivity index (χ0v) is 9.59. The smallest absolute Gasteiger partial charge is 0.192 e. The van der Waals surface area contributed by atoms with Crippen LogP contribution >= 0.6 is 11.8 Å². The molecule has 0 fully saturated rings. The van der Waals surface area contributed by atoms with Gasteiger partial charge in [-0.25, -0.2) is 0 Å². The van der Waals surface area contributed by atoms with Crippen LogP contribution in [0.3, 0.4) is 0 Å². The van der Waals surface area contributed by atoms with Gasteiger partial charge in [-0.05, 0) is 5.75 Å². The van der Waals surface area contributed by atoms with Crippen molar-refractivity contribution < 1.29 is 48.3 Å².